The lowest BCUT2D eigenvalue weighted by molar-refractivity contribution is 0.0735. The Morgan fingerprint density at radius 1 is 0.920 bits per heavy atom. The minimum absolute atomic E-state index is 0.290. The summed E-state index contributed by atoms with van der Waals surface area (Å²) >= 11 is 0. The first-order chi connectivity index (χ1) is 12.2. The Bertz CT molecular complexity index is 869. The first-order valence-electron chi connectivity index (χ1n) is 8.66. The zero-order valence-corrected chi connectivity index (χ0v) is 14.3. The van der Waals surface area contributed by atoms with Gasteiger partial charge in [0.1, 0.15) is 11.6 Å². The predicted octanol–water partition coefficient (Wildman–Crippen LogP) is 5.93. The number of ether oxygens (including phenoxy) is 1. The molecule has 0 heterocycles. The molecule has 0 atom stereocenters. The van der Waals surface area contributed by atoms with Gasteiger partial charge in [-0.05, 0) is 65.6 Å². The Morgan fingerprint density at radius 2 is 1.64 bits per heavy atom. The van der Waals surface area contributed by atoms with Crippen LogP contribution >= 0.6 is 0 Å². The largest absolute Gasteiger partial charge is 0.423 e. The average molecular weight is 336 g/mol. The van der Waals surface area contributed by atoms with E-state index in [1.807, 2.05) is 24.3 Å². The molecule has 0 unspecified atom stereocenters. The van der Waals surface area contributed by atoms with Gasteiger partial charge in [0.2, 0.25) is 0 Å². The number of halogens is 1. The van der Waals surface area contributed by atoms with Crippen molar-refractivity contribution in [2.24, 2.45) is 0 Å². The van der Waals surface area contributed by atoms with E-state index in [2.05, 4.69) is 6.92 Å². The second-order valence-electron chi connectivity index (χ2n) is 6.20. The molecule has 0 saturated heterocycles. The highest BCUT2D eigenvalue weighted by Gasteiger charge is 2.10. The molecule has 3 aromatic rings. The quantitative estimate of drug-likeness (QED) is 0.317. The predicted molar refractivity (Wildman–Crippen MR) is 98.5 cm³/mol. The minimum atomic E-state index is -0.412. The van der Waals surface area contributed by atoms with Gasteiger partial charge in [-0.1, -0.05) is 44.0 Å². The molecule has 0 aliphatic carbocycles. The summed E-state index contributed by atoms with van der Waals surface area (Å²) in [6.07, 6.45) is 4.65. The van der Waals surface area contributed by atoms with Crippen LogP contribution in [0.4, 0.5) is 4.39 Å². The van der Waals surface area contributed by atoms with E-state index < -0.39 is 5.97 Å². The number of aryl methyl sites for hydroxylation is 1. The van der Waals surface area contributed by atoms with E-state index in [4.69, 9.17) is 4.74 Å². The van der Waals surface area contributed by atoms with Crippen LogP contribution in [0.1, 0.15) is 42.1 Å². The lowest BCUT2D eigenvalue weighted by atomic mass is 10.1. The fraction of sp³-hybridized carbons (Fsp3) is 0.227. The number of carbonyl (C=O) groups is 1. The SMILES string of the molecule is CCCCCc1ccc(OC(=O)c2ccc3cc(F)ccc3c2)cc1. The zero-order valence-electron chi connectivity index (χ0n) is 14.3. The van der Waals surface area contributed by atoms with E-state index in [1.165, 1.54) is 37.0 Å². The number of hydrogen-bond donors (Lipinski definition) is 0. The van der Waals surface area contributed by atoms with Crippen LogP contribution in [0.5, 0.6) is 5.75 Å². The molecule has 25 heavy (non-hydrogen) atoms. The van der Waals surface area contributed by atoms with Crippen molar-refractivity contribution >= 4 is 16.7 Å². The summed E-state index contributed by atoms with van der Waals surface area (Å²) in [5, 5.41) is 1.56. The molecule has 0 radical (unpaired) electrons. The average Bonchev–Trinajstić information content (AvgIpc) is 2.63. The lowest BCUT2D eigenvalue weighted by Gasteiger charge is -2.07. The standard InChI is InChI=1S/C22H21FO2/c1-2-3-4-5-16-6-12-21(13-7-16)25-22(24)19-9-8-18-15-20(23)11-10-17(18)14-19/h6-15H,2-5H2,1H3. The molecule has 0 bridgehead atoms. The molecular weight excluding hydrogens is 315 g/mol. The zero-order chi connectivity index (χ0) is 17.6. The highest BCUT2D eigenvalue weighted by Crippen LogP contribution is 2.20. The van der Waals surface area contributed by atoms with Gasteiger partial charge >= 0.3 is 5.97 Å². The molecule has 0 saturated carbocycles. The van der Waals surface area contributed by atoms with E-state index in [1.54, 1.807) is 24.3 Å². The summed E-state index contributed by atoms with van der Waals surface area (Å²) < 4.78 is 18.7. The van der Waals surface area contributed by atoms with Crippen LogP contribution in [0.15, 0.2) is 60.7 Å². The summed E-state index contributed by atoms with van der Waals surface area (Å²) in [4.78, 5) is 12.3. The fourth-order valence-electron chi connectivity index (χ4n) is 2.81. The molecule has 0 aliphatic rings. The van der Waals surface area contributed by atoms with Crippen molar-refractivity contribution in [3.8, 4) is 5.75 Å². The number of hydrogen-bond acceptors (Lipinski definition) is 2. The molecule has 3 rings (SSSR count). The first-order valence-corrected chi connectivity index (χ1v) is 8.66. The third-order valence-electron chi connectivity index (χ3n) is 4.24. The van der Waals surface area contributed by atoms with Crippen LogP contribution in [0, 0.1) is 5.82 Å². The van der Waals surface area contributed by atoms with E-state index in [0.29, 0.717) is 11.3 Å². The maximum absolute atomic E-state index is 13.2. The number of unbranched alkanes of at least 4 members (excludes halogenated alkanes) is 2. The topological polar surface area (TPSA) is 26.3 Å². The monoisotopic (exact) mass is 336 g/mol. The molecule has 0 spiro atoms. The van der Waals surface area contributed by atoms with Crippen molar-refractivity contribution in [3.05, 3.63) is 77.6 Å². The summed E-state index contributed by atoms with van der Waals surface area (Å²) in [6.45, 7) is 2.19. The highest BCUT2D eigenvalue weighted by atomic mass is 19.1. The van der Waals surface area contributed by atoms with E-state index in [9.17, 15) is 9.18 Å². The molecule has 3 heteroatoms. The van der Waals surface area contributed by atoms with Gasteiger partial charge in [0.05, 0.1) is 5.56 Å². The fourth-order valence-corrected chi connectivity index (χ4v) is 2.81. The summed E-state index contributed by atoms with van der Waals surface area (Å²) in [5.74, 6) is -0.171. The van der Waals surface area contributed by atoms with Crippen molar-refractivity contribution in [2.45, 2.75) is 32.6 Å². The van der Waals surface area contributed by atoms with Gasteiger partial charge in [0.25, 0.3) is 0 Å². The molecule has 3 aromatic carbocycles. The Hall–Kier alpha value is -2.68. The number of carbonyl (C=O) groups excluding carboxylic acids is 1. The number of fused-ring (bicyclic) bond motifs is 1. The van der Waals surface area contributed by atoms with Gasteiger partial charge in [-0.15, -0.1) is 0 Å². The third kappa shape index (κ3) is 4.44. The van der Waals surface area contributed by atoms with Gasteiger partial charge in [-0.25, -0.2) is 9.18 Å². The summed E-state index contributed by atoms with van der Waals surface area (Å²) in [5.41, 5.74) is 1.70. The van der Waals surface area contributed by atoms with Crippen LogP contribution < -0.4 is 4.74 Å². The Morgan fingerprint density at radius 3 is 2.40 bits per heavy atom. The highest BCUT2D eigenvalue weighted by molar-refractivity contribution is 5.96. The van der Waals surface area contributed by atoms with Crippen LogP contribution in [0.3, 0.4) is 0 Å². The Balaban J connectivity index is 1.68. The second-order valence-corrected chi connectivity index (χ2v) is 6.20. The van der Waals surface area contributed by atoms with Gasteiger partial charge in [-0.3, -0.25) is 0 Å². The molecular formula is C22H21FO2. The first kappa shape index (κ1) is 17.2. The molecule has 2 nitrogen and oxygen atoms in total. The van der Waals surface area contributed by atoms with Crippen molar-refractivity contribution in [1.29, 1.82) is 0 Å². The summed E-state index contributed by atoms with van der Waals surface area (Å²) in [7, 11) is 0. The second kappa shape index (κ2) is 7.93. The van der Waals surface area contributed by atoms with Gasteiger partial charge in [0.15, 0.2) is 0 Å². The lowest BCUT2D eigenvalue weighted by Crippen LogP contribution is -2.08. The molecule has 0 N–H and O–H groups in total. The molecule has 0 aromatic heterocycles. The van der Waals surface area contributed by atoms with Crippen molar-refractivity contribution < 1.29 is 13.9 Å². The molecule has 0 amide bonds. The van der Waals surface area contributed by atoms with E-state index >= 15 is 0 Å². The van der Waals surface area contributed by atoms with Gasteiger partial charge in [0, 0.05) is 0 Å². The van der Waals surface area contributed by atoms with Crippen LogP contribution in [-0.2, 0) is 6.42 Å². The maximum Gasteiger partial charge on any atom is 0.343 e. The smallest absolute Gasteiger partial charge is 0.343 e. The normalized spacial score (nSPS) is 10.8. The Labute approximate surface area is 147 Å². The van der Waals surface area contributed by atoms with Crippen LogP contribution in [0.25, 0.3) is 10.8 Å². The molecule has 0 fully saturated rings. The molecule has 0 aliphatic heterocycles. The van der Waals surface area contributed by atoms with Crippen molar-refractivity contribution in [3.63, 3.8) is 0 Å². The Kier molecular flexibility index (Phi) is 5.44. The van der Waals surface area contributed by atoms with E-state index in [-0.39, 0.29) is 5.82 Å². The van der Waals surface area contributed by atoms with Crippen LogP contribution in [0.2, 0.25) is 0 Å². The third-order valence-corrected chi connectivity index (χ3v) is 4.24. The molecule has 128 valence electrons. The summed E-state index contributed by atoms with van der Waals surface area (Å²) in [6, 6.07) is 17.3. The number of rotatable bonds is 6. The number of esters is 1. The van der Waals surface area contributed by atoms with Gasteiger partial charge in [-0.2, -0.15) is 0 Å². The minimum Gasteiger partial charge on any atom is -0.423 e. The maximum atomic E-state index is 13.2. The van der Waals surface area contributed by atoms with E-state index in [0.717, 1.165) is 17.2 Å². The van der Waals surface area contributed by atoms with Crippen molar-refractivity contribution in [2.75, 3.05) is 0 Å². The van der Waals surface area contributed by atoms with Gasteiger partial charge < -0.3 is 4.74 Å². The number of benzene rings is 3. The van der Waals surface area contributed by atoms with Crippen LogP contribution in [-0.4, -0.2) is 5.97 Å². The van der Waals surface area contributed by atoms with Crippen molar-refractivity contribution in [1.82, 2.24) is 0 Å².